The average molecular weight is 500 g/mol. The summed E-state index contributed by atoms with van der Waals surface area (Å²) in [7, 11) is 1.84. The van der Waals surface area contributed by atoms with E-state index in [0.717, 1.165) is 24.6 Å². The van der Waals surface area contributed by atoms with Crippen LogP contribution in [-0.2, 0) is 11.8 Å². The summed E-state index contributed by atoms with van der Waals surface area (Å²) in [5.74, 6) is 0.430. The highest BCUT2D eigenvalue weighted by molar-refractivity contribution is 6.09. The first-order valence-corrected chi connectivity index (χ1v) is 12.6. The van der Waals surface area contributed by atoms with Gasteiger partial charge in [0.25, 0.3) is 5.91 Å². The van der Waals surface area contributed by atoms with Gasteiger partial charge in [0, 0.05) is 44.4 Å². The highest BCUT2D eigenvalue weighted by Crippen LogP contribution is 2.37. The molecule has 6 rings (SSSR count). The molecule has 2 amide bonds. The Hall–Kier alpha value is -4.12. The summed E-state index contributed by atoms with van der Waals surface area (Å²) < 4.78 is 3.32. The third-order valence-corrected chi connectivity index (χ3v) is 7.42. The van der Waals surface area contributed by atoms with Gasteiger partial charge in [0.05, 0.1) is 64.8 Å². The predicted molar refractivity (Wildman–Crippen MR) is 138 cm³/mol. The standard InChI is InChI=1S/C26H29N9O2/c1-16-22(8-19(10-27-16)31-25(36)5-6-34-13-17-3-4-20(34)7-17)32-26(37)21-11-30-35-15-23(28-12-24(21)35)18-9-29-33(2)14-18/h8-12,14-15,17,20H,3-7,13H2,1-2H3,(H,31,36)(H,32,37). The Labute approximate surface area is 213 Å². The molecule has 2 N–H and O–H groups in total. The summed E-state index contributed by atoms with van der Waals surface area (Å²) in [6.07, 6.45) is 14.4. The van der Waals surface area contributed by atoms with Gasteiger partial charge in [-0.15, -0.1) is 0 Å². The quantitative estimate of drug-likeness (QED) is 0.401. The van der Waals surface area contributed by atoms with Crippen LogP contribution < -0.4 is 10.6 Å². The fourth-order valence-electron chi connectivity index (χ4n) is 5.45. The van der Waals surface area contributed by atoms with E-state index in [1.165, 1.54) is 25.5 Å². The van der Waals surface area contributed by atoms with Crippen LogP contribution in [0.2, 0.25) is 0 Å². The van der Waals surface area contributed by atoms with Crippen molar-refractivity contribution in [1.29, 1.82) is 0 Å². The summed E-state index contributed by atoms with van der Waals surface area (Å²) >= 11 is 0. The molecule has 190 valence electrons. The molecule has 0 spiro atoms. The molecule has 11 heteroatoms. The number of hydrogen-bond donors (Lipinski definition) is 2. The number of piperidine rings is 1. The molecule has 2 unspecified atom stereocenters. The Morgan fingerprint density at radius 3 is 2.70 bits per heavy atom. The zero-order chi connectivity index (χ0) is 25.5. The van der Waals surface area contributed by atoms with Crippen molar-refractivity contribution in [3.63, 3.8) is 0 Å². The maximum absolute atomic E-state index is 13.1. The zero-order valence-electron chi connectivity index (χ0n) is 20.9. The third kappa shape index (κ3) is 4.69. The van der Waals surface area contributed by atoms with Crippen LogP contribution in [0.15, 0.2) is 43.2 Å². The summed E-state index contributed by atoms with van der Waals surface area (Å²) in [5, 5.41) is 14.3. The van der Waals surface area contributed by atoms with E-state index in [2.05, 4.69) is 35.7 Å². The Bertz CT molecular complexity index is 1490. The van der Waals surface area contributed by atoms with Gasteiger partial charge in [-0.1, -0.05) is 0 Å². The molecule has 2 aliphatic rings. The van der Waals surface area contributed by atoms with E-state index < -0.39 is 0 Å². The Morgan fingerprint density at radius 2 is 1.95 bits per heavy atom. The Balaban J connectivity index is 1.12. The van der Waals surface area contributed by atoms with Gasteiger partial charge >= 0.3 is 0 Å². The summed E-state index contributed by atoms with van der Waals surface area (Å²) in [5.41, 5.74) is 4.26. The number of aromatic nitrogens is 6. The summed E-state index contributed by atoms with van der Waals surface area (Å²) in [4.78, 5) is 37.0. The molecule has 37 heavy (non-hydrogen) atoms. The lowest BCUT2D eigenvalue weighted by atomic mass is 10.1. The number of fused-ring (bicyclic) bond motifs is 3. The van der Waals surface area contributed by atoms with Crippen molar-refractivity contribution in [2.75, 3.05) is 23.7 Å². The van der Waals surface area contributed by atoms with E-state index >= 15 is 0 Å². The van der Waals surface area contributed by atoms with E-state index in [0.29, 0.717) is 46.3 Å². The number of nitrogens with zero attached hydrogens (tertiary/aromatic N) is 7. The van der Waals surface area contributed by atoms with Crippen LogP contribution in [0.3, 0.4) is 0 Å². The predicted octanol–water partition coefficient (Wildman–Crippen LogP) is 2.90. The van der Waals surface area contributed by atoms with E-state index in [1.54, 1.807) is 47.0 Å². The van der Waals surface area contributed by atoms with Crippen molar-refractivity contribution in [2.24, 2.45) is 13.0 Å². The van der Waals surface area contributed by atoms with Gasteiger partial charge in [-0.2, -0.15) is 10.2 Å². The minimum Gasteiger partial charge on any atom is -0.325 e. The highest BCUT2D eigenvalue weighted by atomic mass is 16.2. The lowest BCUT2D eigenvalue weighted by Gasteiger charge is -2.26. The Morgan fingerprint density at radius 1 is 1.05 bits per heavy atom. The fourth-order valence-corrected chi connectivity index (χ4v) is 5.45. The maximum Gasteiger partial charge on any atom is 0.259 e. The minimum absolute atomic E-state index is 0.0520. The van der Waals surface area contributed by atoms with Gasteiger partial charge in [-0.05, 0) is 38.2 Å². The number of nitrogens with one attached hydrogen (secondary N) is 2. The van der Waals surface area contributed by atoms with Crippen LogP contribution in [0.5, 0.6) is 0 Å². The maximum atomic E-state index is 13.1. The molecular formula is C26H29N9O2. The van der Waals surface area contributed by atoms with Gasteiger partial charge in [0.2, 0.25) is 5.91 Å². The monoisotopic (exact) mass is 499 g/mol. The molecule has 1 saturated carbocycles. The average Bonchev–Trinajstić information content (AvgIpc) is 3.68. The number of anilines is 2. The van der Waals surface area contributed by atoms with Crippen LogP contribution in [0, 0.1) is 12.8 Å². The topological polar surface area (TPSA) is 122 Å². The number of hydrogen-bond acceptors (Lipinski definition) is 7. The minimum atomic E-state index is -0.330. The van der Waals surface area contributed by atoms with Crippen LogP contribution in [0.25, 0.3) is 16.8 Å². The first-order valence-electron chi connectivity index (χ1n) is 12.6. The molecule has 1 aliphatic carbocycles. The van der Waals surface area contributed by atoms with Crippen molar-refractivity contribution in [3.05, 3.63) is 54.5 Å². The second kappa shape index (κ2) is 9.40. The molecule has 1 aliphatic heterocycles. The normalized spacial score (nSPS) is 19.0. The van der Waals surface area contributed by atoms with Crippen LogP contribution >= 0.6 is 0 Å². The molecular weight excluding hydrogens is 470 g/mol. The molecule has 2 atom stereocenters. The third-order valence-electron chi connectivity index (χ3n) is 7.42. The summed E-state index contributed by atoms with van der Waals surface area (Å²) in [6.45, 7) is 3.70. The van der Waals surface area contributed by atoms with Crippen molar-refractivity contribution in [1.82, 2.24) is 34.3 Å². The molecule has 4 aromatic rings. The number of amides is 2. The summed E-state index contributed by atoms with van der Waals surface area (Å²) in [6, 6.07) is 2.39. The van der Waals surface area contributed by atoms with Crippen molar-refractivity contribution >= 4 is 28.7 Å². The van der Waals surface area contributed by atoms with Crippen molar-refractivity contribution in [3.8, 4) is 11.3 Å². The van der Waals surface area contributed by atoms with Gasteiger partial charge in [0.1, 0.15) is 0 Å². The van der Waals surface area contributed by atoms with Gasteiger partial charge in [-0.3, -0.25) is 29.1 Å². The van der Waals surface area contributed by atoms with Gasteiger partial charge in [-0.25, -0.2) is 4.52 Å². The molecule has 0 aromatic carbocycles. The second-order valence-electron chi connectivity index (χ2n) is 10.0. The smallest absolute Gasteiger partial charge is 0.259 e. The number of carbonyl (C=O) groups is 2. The number of rotatable bonds is 7. The molecule has 2 bridgehead atoms. The van der Waals surface area contributed by atoms with Crippen molar-refractivity contribution in [2.45, 2.75) is 38.6 Å². The Kier molecular flexibility index (Phi) is 5.91. The zero-order valence-corrected chi connectivity index (χ0v) is 20.9. The van der Waals surface area contributed by atoms with E-state index in [9.17, 15) is 9.59 Å². The number of carbonyl (C=O) groups excluding carboxylic acids is 2. The number of likely N-dealkylation sites (tertiary alicyclic amines) is 1. The van der Waals surface area contributed by atoms with Crippen LogP contribution in [0.4, 0.5) is 11.4 Å². The second-order valence-corrected chi connectivity index (χ2v) is 10.0. The molecule has 0 radical (unpaired) electrons. The van der Waals surface area contributed by atoms with Gasteiger partial charge in [0.15, 0.2) is 0 Å². The molecule has 2 fully saturated rings. The van der Waals surface area contributed by atoms with E-state index in [-0.39, 0.29) is 11.8 Å². The van der Waals surface area contributed by atoms with Crippen LogP contribution in [0.1, 0.15) is 41.7 Å². The fraction of sp³-hybridized carbons (Fsp3) is 0.385. The van der Waals surface area contributed by atoms with E-state index in [1.807, 2.05) is 13.2 Å². The molecule has 11 nitrogen and oxygen atoms in total. The molecule has 4 aromatic heterocycles. The van der Waals surface area contributed by atoms with Crippen LogP contribution in [-0.4, -0.2) is 65.2 Å². The van der Waals surface area contributed by atoms with E-state index in [4.69, 9.17) is 0 Å². The van der Waals surface area contributed by atoms with Crippen molar-refractivity contribution < 1.29 is 9.59 Å². The first kappa shape index (κ1) is 23.3. The molecule has 1 saturated heterocycles. The highest BCUT2D eigenvalue weighted by Gasteiger charge is 2.37. The van der Waals surface area contributed by atoms with Gasteiger partial charge < -0.3 is 10.6 Å². The largest absolute Gasteiger partial charge is 0.325 e. The lowest BCUT2D eigenvalue weighted by molar-refractivity contribution is -0.116. The number of pyridine rings is 1. The lowest BCUT2D eigenvalue weighted by Crippen LogP contribution is -2.34. The SMILES string of the molecule is Cc1ncc(NC(=O)CCN2CC3CCC2C3)cc1NC(=O)c1cnn2cc(-c3cnn(C)c3)ncc12. The molecule has 5 heterocycles. The first-order chi connectivity index (χ1) is 17.9. The number of aryl methyl sites for hydroxylation is 2.